The highest BCUT2D eigenvalue weighted by Crippen LogP contribution is 2.33. The monoisotopic (exact) mass is 346 g/mol. The first-order chi connectivity index (χ1) is 11.3. The van der Waals surface area contributed by atoms with E-state index in [2.05, 4.69) is 0 Å². The number of rotatable bonds is 5. The molecule has 0 aromatic heterocycles. The van der Waals surface area contributed by atoms with Crippen LogP contribution in [0.15, 0.2) is 18.2 Å². The minimum Gasteiger partial charge on any atom is -0.455 e. The molecule has 1 aliphatic rings. The zero-order valence-electron chi connectivity index (χ0n) is 12.0. The highest BCUT2D eigenvalue weighted by Gasteiger charge is 2.45. The van der Waals surface area contributed by atoms with E-state index in [9.17, 15) is 35.5 Å². The standard InChI is InChI=1S/C12H14N2O10/c15-4-8-9(16)10(17)11(18)12(24-8)23-7-2-1-5(13(19)20)3-6(7)14(21)22/h1-3,8-12,15-18H,4H2/t8?,9-,10+,11?,12-/m1/s1. The van der Waals surface area contributed by atoms with Crippen LogP contribution in [-0.4, -0.2) is 67.6 Å². The van der Waals surface area contributed by atoms with Gasteiger partial charge in [-0.25, -0.2) is 0 Å². The lowest BCUT2D eigenvalue weighted by Gasteiger charge is -2.39. The van der Waals surface area contributed by atoms with E-state index >= 15 is 0 Å². The second-order valence-corrected chi connectivity index (χ2v) is 4.98. The maximum Gasteiger partial charge on any atom is 0.317 e. The summed E-state index contributed by atoms with van der Waals surface area (Å²) in [4.78, 5) is 20.0. The summed E-state index contributed by atoms with van der Waals surface area (Å²) in [5.41, 5.74) is -1.29. The third kappa shape index (κ3) is 3.42. The molecule has 1 aromatic carbocycles. The van der Waals surface area contributed by atoms with Crippen molar-refractivity contribution < 1.29 is 39.7 Å². The van der Waals surface area contributed by atoms with E-state index in [0.717, 1.165) is 12.1 Å². The van der Waals surface area contributed by atoms with Crippen LogP contribution in [0.2, 0.25) is 0 Å². The van der Waals surface area contributed by atoms with Gasteiger partial charge in [-0.15, -0.1) is 0 Å². The highest BCUT2D eigenvalue weighted by atomic mass is 16.7. The van der Waals surface area contributed by atoms with Crippen molar-refractivity contribution in [3.63, 3.8) is 0 Å². The Morgan fingerprint density at radius 1 is 1.08 bits per heavy atom. The number of nitrogens with zero attached hydrogens (tertiary/aromatic N) is 2. The van der Waals surface area contributed by atoms with Gasteiger partial charge in [0.15, 0.2) is 0 Å². The van der Waals surface area contributed by atoms with Gasteiger partial charge in [-0.05, 0) is 6.07 Å². The highest BCUT2D eigenvalue weighted by molar-refractivity contribution is 5.53. The molecular weight excluding hydrogens is 332 g/mol. The first-order valence-electron chi connectivity index (χ1n) is 6.66. The second kappa shape index (κ2) is 7.02. The van der Waals surface area contributed by atoms with Crippen molar-refractivity contribution in [1.29, 1.82) is 0 Å². The average molecular weight is 346 g/mol. The third-order valence-corrected chi connectivity index (χ3v) is 3.44. The Hall–Kier alpha value is -2.38. The maximum absolute atomic E-state index is 11.0. The van der Waals surface area contributed by atoms with Crippen LogP contribution in [0, 0.1) is 20.2 Å². The van der Waals surface area contributed by atoms with Crippen LogP contribution in [0.5, 0.6) is 5.75 Å². The third-order valence-electron chi connectivity index (χ3n) is 3.44. The van der Waals surface area contributed by atoms with Crippen LogP contribution in [-0.2, 0) is 4.74 Å². The molecule has 24 heavy (non-hydrogen) atoms. The Labute approximate surface area is 133 Å². The number of benzene rings is 1. The predicted octanol–water partition coefficient (Wildman–Crippen LogP) is -1.32. The summed E-state index contributed by atoms with van der Waals surface area (Å²) < 4.78 is 10.2. The molecule has 1 saturated heterocycles. The molecule has 1 aromatic rings. The van der Waals surface area contributed by atoms with Gasteiger partial charge < -0.3 is 29.9 Å². The zero-order valence-corrected chi connectivity index (χ0v) is 12.0. The zero-order chi connectivity index (χ0) is 18.0. The molecule has 1 fully saturated rings. The molecule has 5 atom stereocenters. The lowest BCUT2D eigenvalue weighted by Crippen LogP contribution is -2.60. The van der Waals surface area contributed by atoms with E-state index in [1.807, 2.05) is 0 Å². The second-order valence-electron chi connectivity index (χ2n) is 4.98. The van der Waals surface area contributed by atoms with Gasteiger partial charge in [-0.1, -0.05) is 0 Å². The average Bonchev–Trinajstić information content (AvgIpc) is 2.55. The van der Waals surface area contributed by atoms with E-state index < -0.39 is 64.3 Å². The number of nitro groups is 2. The smallest absolute Gasteiger partial charge is 0.317 e. The Kier molecular flexibility index (Phi) is 5.26. The lowest BCUT2D eigenvalue weighted by atomic mass is 9.99. The SMILES string of the molecule is O=[N+]([O-])c1ccc(O[C@@H]2OC(CO)[C@@H](O)[C@H](O)C2O)c([N+](=O)[O-])c1. The summed E-state index contributed by atoms with van der Waals surface area (Å²) in [7, 11) is 0. The summed E-state index contributed by atoms with van der Waals surface area (Å²) in [5.74, 6) is -0.449. The Balaban J connectivity index is 2.29. The fourth-order valence-corrected chi connectivity index (χ4v) is 2.15. The predicted molar refractivity (Wildman–Crippen MR) is 74.1 cm³/mol. The first-order valence-corrected chi connectivity index (χ1v) is 6.66. The first kappa shape index (κ1) is 18.0. The summed E-state index contributed by atoms with van der Waals surface area (Å²) in [6.07, 6.45) is -8.00. The molecule has 0 amide bonds. The fraction of sp³-hybridized carbons (Fsp3) is 0.500. The Morgan fingerprint density at radius 3 is 2.29 bits per heavy atom. The Morgan fingerprint density at radius 2 is 1.75 bits per heavy atom. The summed E-state index contributed by atoms with van der Waals surface area (Å²) >= 11 is 0. The topological polar surface area (TPSA) is 186 Å². The van der Waals surface area contributed by atoms with Crippen molar-refractivity contribution in [2.45, 2.75) is 30.7 Å². The van der Waals surface area contributed by atoms with Crippen molar-refractivity contribution in [2.75, 3.05) is 6.61 Å². The van der Waals surface area contributed by atoms with Gasteiger partial charge in [0.2, 0.25) is 12.0 Å². The molecule has 0 spiro atoms. The van der Waals surface area contributed by atoms with Gasteiger partial charge in [0.1, 0.15) is 24.4 Å². The van der Waals surface area contributed by atoms with Crippen molar-refractivity contribution >= 4 is 11.4 Å². The van der Waals surface area contributed by atoms with Gasteiger partial charge in [0.25, 0.3) is 5.69 Å². The molecule has 132 valence electrons. The molecule has 0 aliphatic carbocycles. The fourth-order valence-electron chi connectivity index (χ4n) is 2.15. The van der Waals surface area contributed by atoms with Crippen molar-refractivity contribution in [1.82, 2.24) is 0 Å². The molecule has 0 radical (unpaired) electrons. The largest absolute Gasteiger partial charge is 0.455 e. The van der Waals surface area contributed by atoms with E-state index in [0.29, 0.717) is 6.07 Å². The van der Waals surface area contributed by atoms with Crippen molar-refractivity contribution in [3.8, 4) is 5.75 Å². The minimum atomic E-state index is -1.77. The van der Waals surface area contributed by atoms with Crippen LogP contribution < -0.4 is 4.74 Å². The van der Waals surface area contributed by atoms with Crippen LogP contribution >= 0.6 is 0 Å². The molecule has 2 rings (SSSR count). The number of ether oxygens (including phenoxy) is 2. The van der Waals surface area contributed by atoms with Crippen LogP contribution in [0.25, 0.3) is 0 Å². The summed E-state index contributed by atoms with van der Waals surface area (Å²) in [6, 6.07) is 2.56. The van der Waals surface area contributed by atoms with Crippen LogP contribution in [0.4, 0.5) is 11.4 Å². The van der Waals surface area contributed by atoms with E-state index in [1.165, 1.54) is 0 Å². The quantitative estimate of drug-likeness (QED) is 0.368. The van der Waals surface area contributed by atoms with E-state index in [1.54, 1.807) is 0 Å². The molecule has 12 nitrogen and oxygen atoms in total. The van der Waals surface area contributed by atoms with Gasteiger partial charge in [-0.3, -0.25) is 20.2 Å². The maximum atomic E-state index is 11.0. The van der Waals surface area contributed by atoms with Crippen molar-refractivity contribution in [3.05, 3.63) is 38.4 Å². The van der Waals surface area contributed by atoms with Gasteiger partial charge in [0, 0.05) is 6.07 Å². The molecule has 1 aliphatic heterocycles. The van der Waals surface area contributed by atoms with E-state index in [-0.39, 0.29) is 0 Å². The molecular formula is C12H14N2O10. The summed E-state index contributed by atoms with van der Waals surface area (Å²) in [5, 5.41) is 59.9. The van der Waals surface area contributed by atoms with Crippen LogP contribution in [0.1, 0.15) is 0 Å². The molecule has 0 bridgehead atoms. The minimum absolute atomic E-state index is 0.449. The number of hydrogen-bond acceptors (Lipinski definition) is 10. The molecule has 1 heterocycles. The lowest BCUT2D eigenvalue weighted by molar-refractivity contribution is -0.395. The molecule has 12 heteroatoms. The molecule has 0 saturated carbocycles. The number of aliphatic hydroxyl groups is 4. The van der Waals surface area contributed by atoms with Gasteiger partial charge in [-0.2, -0.15) is 0 Å². The van der Waals surface area contributed by atoms with Crippen molar-refractivity contribution in [2.24, 2.45) is 0 Å². The summed E-state index contributed by atoms with van der Waals surface area (Å²) in [6.45, 7) is -0.701. The normalized spacial score (nSPS) is 29.9. The number of hydrogen-bond donors (Lipinski definition) is 4. The van der Waals surface area contributed by atoms with Gasteiger partial charge >= 0.3 is 5.69 Å². The Bertz CT molecular complexity index is 636. The van der Waals surface area contributed by atoms with Gasteiger partial charge in [0.05, 0.1) is 22.5 Å². The van der Waals surface area contributed by atoms with Crippen LogP contribution in [0.3, 0.4) is 0 Å². The molecule has 4 N–H and O–H groups in total. The number of nitro benzene ring substituents is 2. The van der Waals surface area contributed by atoms with E-state index in [4.69, 9.17) is 14.6 Å². The number of aliphatic hydroxyl groups excluding tert-OH is 4. The molecule has 2 unspecified atom stereocenters. The number of non-ortho nitro benzene ring substituents is 1.